The highest BCUT2D eigenvalue weighted by molar-refractivity contribution is 9.10. The van der Waals surface area contributed by atoms with Crippen LogP contribution in [0.2, 0.25) is 0 Å². The summed E-state index contributed by atoms with van der Waals surface area (Å²) < 4.78 is 2.36. The fraction of sp³-hybridized carbons (Fsp3) is 0.625. The minimum absolute atomic E-state index is 0.210. The van der Waals surface area contributed by atoms with E-state index in [0.29, 0.717) is 30.7 Å². The first-order valence-corrected chi connectivity index (χ1v) is 20.1. The first-order valence-electron chi connectivity index (χ1n) is 18.5. The first-order chi connectivity index (χ1) is 23.9. The van der Waals surface area contributed by atoms with Crippen molar-refractivity contribution in [3.63, 3.8) is 0 Å². The van der Waals surface area contributed by atoms with Crippen molar-refractivity contribution in [1.29, 1.82) is 0 Å². The summed E-state index contributed by atoms with van der Waals surface area (Å²) in [5, 5.41) is 1.76. The lowest BCUT2D eigenvalue weighted by Gasteiger charge is -2.35. The molecule has 278 valence electrons. The number of hydrogen-bond donors (Lipinski definition) is 1. The second-order valence-corrected chi connectivity index (χ2v) is 16.7. The zero-order valence-corrected chi connectivity index (χ0v) is 34.5. The van der Waals surface area contributed by atoms with E-state index in [1.54, 1.807) is 5.01 Å². The highest BCUT2D eigenvalue weighted by atomic mass is 79.9. The molecule has 2 N–H and O–H groups in total. The van der Waals surface area contributed by atoms with Gasteiger partial charge in [-0.2, -0.15) is 0 Å². The third-order valence-electron chi connectivity index (χ3n) is 9.99. The molecule has 1 atom stereocenters. The van der Waals surface area contributed by atoms with Crippen LogP contribution >= 0.6 is 31.9 Å². The summed E-state index contributed by atoms with van der Waals surface area (Å²) in [4.78, 5) is 34.1. The number of pyridine rings is 1. The molecule has 6 rings (SSSR count). The number of benzene rings is 1. The van der Waals surface area contributed by atoms with Crippen molar-refractivity contribution in [3.05, 3.63) is 74.4 Å². The molecule has 1 amide bonds. The van der Waals surface area contributed by atoms with Gasteiger partial charge in [0.25, 0.3) is 0 Å². The number of nitrogens with zero attached hydrogens (tertiary/aromatic N) is 5. The van der Waals surface area contributed by atoms with Gasteiger partial charge in [-0.3, -0.25) is 20.5 Å². The molecular weight excluding hydrogens is 756 g/mol. The Bertz CT molecular complexity index is 1350. The lowest BCUT2D eigenvalue weighted by atomic mass is 9.76. The zero-order chi connectivity index (χ0) is 36.8. The number of aromatic nitrogens is 1. The van der Waals surface area contributed by atoms with Gasteiger partial charge in [0.2, 0.25) is 5.91 Å². The summed E-state index contributed by atoms with van der Waals surface area (Å²) in [6, 6.07) is 6.96. The number of fused-ring (bicyclic) bond motifs is 2. The van der Waals surface area contributed by atoms with Gasteiger partial charge < -0.3 is 14.6 Å². The van der Waals surface area contributed by atoms with Crippen molar-refractivity contribution in [3.8, 4) is 0 Å². The molecule has 0 bridgehead atoms. The van der Waals surface area contributed by atoms with E-state index in [4.69, 9.17) is 10.8 Å². The minimum atomic E-state index is 0.210. The largest absolute Gasteiger partial charge is 0.339 e. The molecule has 0 spiro atoms. The number of amides is 1. The maximum atomic E-state index is 12.1. The molecule has 1 unspecified atom stereocenters. The molecule has 4 aliphatic rings. The number of aldehydes is 1. The Morgan fingerprint density at radius 1 is 0.940 bits per heavy atom. The van der Waals surface area contributed by atoms with E-state index >= 15 is 0 Å². The number of nitrogens with two attached hydrogens (primary N) is 1. The van der Waals surface area contributed by atoms with E-state index in [0.717, 1.165) is 81.6 Å². The summed E-state index contributed by atoms with van der Waals surface area (Å²) in [5.74, 6) is 8.32. The average molecular weight is 819 g/mol. The second-order valence-electron chi connectivity index (χ2n) is 14.9. The van der Waals surface area contributed by atoms with Crippen molar-refractivity contribution in [2.24, 2.45) is 23.6 Å². The third-order valence-corrected chi connectivity index (χ3v) is 11.1. The monoisotopic (exact) mass is 816 g/mol. The highest BCUT2D eigenvalue weighted by Gasteiger charge is 2.35. The third kappa shape index (κ3) is 12.9. The normalized spacial score (nSPS) is 20.5. The van der Waals surface area contributed by atoms with Crippen molar-refractivity contribution in [2.75, 3.05) is 66.0 Å². The van der Waals surface area contributed by atoms with Gasteiger partial charge in [-0.05, 0) is 147 Å². The van der Waals surface area contributed by atoms with Gasteiger partial charge in [0, 0.05) is 53.7 Å². The molecular formula is C40H62Br2N6O2. The maximum Gasteiger partial charge on any atom is 0.236 e. The molecule has 1 aromatic heterocycles. The van der Waals surface area contributed by atoms with Crippen LogP contribution < -0.4 is 5.84 Å². The Labute approximate surface area is 319 Å². The molecule has 4 heterocycles. The fourth-order valence-corrected chi connectivity index (χ4v) is 8.60. The molecule has 1 aliphatic carbocycles. The van der Waals surface area contributed by atoms with E-state index in [-0.39, 0.29) is 5.91 Å². The molecule has 2 aromatic rings. The number of carbonyl (C=O) groups excluding carboxylic acids is 2. The lowest BCUT2D eigenvalue weighted by molar-refractivity contribution is -0.134. The van der Waals surface area contributed by atoms with Gasteiger partial charge in [0.15, 0.2) is 0 Å². The van der Waals surface area contributed by atoms with E-state index in [1.807, 2.05) is 11.1 Å². The van der Waals surface area contributed by atoms with Crippen LogP contribution in [0.3, 0.4) is 0 Å². The smallest absolute Gasteiger partial charge is 0.236 e. The van der Waals surface area contributed by atoms with Crippen LogP contribution in [0.5, 0.6) is 0 Å². The number of likely N-dealkylation sites (tertiary alicyclic amines) is 2. The molecule has 1 aromatic carbocycles. The van der Waals surface area contributed by atoms with Crippen molar-refractivity contribution in [1.82, 2.24) is 24.7 Å². The molecule has 8 nitrogen and oxygen atoms in total. The second kappa shape index (κ2) is 21.5. The number of carbonyl (C=O) groups is 2. The van der Waals surface area contributed by atoms with Crippen LogP contribution in [-0.2, 0) is 22.4 Å². The van der Waals surface area contributed by atoms with Crippen LogP contribution in [0.1, 0.15) is 86.7 Å². The van der Waals surface area contributed by atoms with Crippen LogP contribution in [0.25, 0.3) is 0 Å². The molecule has 0 saturated carbocycles. The summed E-state index contributed by atoms with van der Waals surface area (Å²) >= 11 is 7.53. The Morgan fingerprint density at radius 2 is 1.54 bits per heavy atom. The first kappa shape index (κ1) is 42.5. The van der Waals surface area contributed by atoms with Crippen molar-refractivity contribution >= 4 is 44.1 Å². The number of piperidine rings is 2. The average Bonchev–Trinajstić information content (AvgIpc) is 3.24. The van der Waals surface area contributed by atoms with Gasteiger partial charge in [0.05, 0.1) is 12.2 Å². The number of hydrazine groups is 1. The van der Waals surface area contributed by atoms with Crippen LogP contribution in [0, 0.1) is 24.7 Å². The van der Waals surface area contributed by atoms with E-state index in [2.05, 4.69) is 108 Å². The Balaban J connectivity index is 0.000000241. The SMILES string of the molecule is C=C.CC(C)C.Cc1cc(Br)c2c(c1)CCc1cc(Br)cnc1C2C1CCN(C)CC1.NN1CCN(C(=O)CN2CCC(CC=O)CC2)CC1. The van der Waals surface area contributed by atoms with E-state index in [1.165, 1.54) is 58.4 Å². The maximum absolute atomic E-state index is 12.1. The number of rotatable bonds is 5. The highest BCUT2D eigenvalue weighted by Crippen LogP contribution is 2.45. The minimum Gasteiger partial charge on any atom is -0.339 e. The van der Waals surface area contributed by atoms with Crippen molar-refractivity contribution in [2.45, 2.75) is 78.6 Å². The Hall–Kier alpha value is -1.95. The van der Waals surface area contributed by atoms with Gasteiger partial charge in [0.1, 0.15) is 6.29 Å². The molecule has 50 heavy (non-hydrogen) atoms. The Morgan fingerprint density at radius 3 is 2.14 bits per heavy atom. The topological polar surface area (TPSA) is 86.0 Å². The summed E-state index contributed by atoms with van der Waals surface area (Å²) in [6.45, 7) is 22.4. The van der Waals surface area contributed by atoms with E-state index in [9.17, 15) is 9.59 Å². The molecule has 3 fully saturated rings. The van der Waals surface area contributed by atoms with Gasteiger partial charge >= 0.3 is 0 Å². The standard InChI is InChI=1S/C21H24Br2N2.C13H24N4O2.C4H10.C2H4/c1-13-9-15-3-4-16-11-17(22)12-24-21(16)20(19(15)18(23)10-13)14-5-7-25(2)8-6-14;14-17-8-6-16(7-9-17)13(19)11-15-4-1-12(2-5-15)3-10-18;1-4(2)3;1-2/h9-12,14,20H,3-8H2,1-2H3;10,12H,1-9,11,14H2;4H,1-3H3;1-2H2. The zero-order valence-electron chi connectivity index (χ0n) is 31.3. The molecule has 0 radical (unpaired) electrons. The molecule has 3 saturated heterocycles. The number of hydrogen-bond acceptors (Lipinski definition) is 7. The predicted molar refractivity (Wildman–Crippen MR) is 214 cm³/mol. The molecule has 10 heteroatoms. The summed E-state index contributed by atoms with van der Waals surface area (Å²) in [7, 11) is 2.24. The number of aryl methyl sites for hydroxylation is 3. The van der Waals surface area contributed by atoms with Gasteiger partial charge in [-0.25, -0.2) is 5.01 Å². The molecule has 3 aliphatic heterocycles. The summed E-state index contributed by atoms with van der Waals surface area (Å²) in [6.07, 6.45) is 10.4. The van der Waals surface area contributed by atoms with Crippen molar-refractivity contribution < 1.29 is 9.59 Å². The van der Waals surface area contributed by atoms with E-state index < -0.39 is 0 Å². The van der Waals surface area contributed by atoms with Crippen LogP contribution in [-0.4, -0.2) is 103 Å². The van der Waals surface area contributed by atoms with Crippen LogP contribution in [0.15, 0.2) is 46.5 Å². The number of piperazine rings is 1. The lowest BCUT2D eigenvalue weighted by Crippen LogP contribution is -2.53. The number of halogens is 2. The Kier molecular flexibility index (Phi) is 18.3. The van der Waals surface area contributed by atoms with Gasteiger partial charge in [-0.1, -0.05) is 42.8 Å². The quantitative estimate of drug-likeness (QED) is 0.193. The fourth-order valence-electron chi connectivity index (χ4n) is 7.36. The van der Waals surface area contributed by atoms with Crippen LogP contribution in [0.4, 0.5) is 0 Å². The summed E-state index contributed by atoms with van der Waals surface area (Å²) in [5.41, 5.74) is 7.06. The predicted octanol–water partition coefficient (Wildman–Crippen LogP) is 7.26. The van der Waals surface area contributed by atoms with Gasteiger partial charge in [-0.15, -0.1) is 13.2 Å².